The Balaban J connectivity index is 1.47. The van der Waals surface area contributed by atoms with Gasteiger partial charge in [0.15, 0.2) is 5.78 Å². The summed E-state index contributed by atoms with van der Waals surface area (Å²) in [7, 11) is 0. The van der Waals surface area contributed by atoms with E-state index >= 15 is 0 Å². The van der Waals surface area contributed by atoms with Crippen molar-refractivity contribution >= 4 is 29.1 Å². The van der Waals surface area contributed by atoms with Crippen LogP contribution in [0.15, 0.2) is 119 Å². The van der Waals surface area contributed by atoms with Gasteiger partial charge in [-0.2, -0.15) is 0 Å². The summed E-state index contributed by atoms with van der Waals surface area (Å²) in [6.45, 7) is 2.06. The minimum atomic E-state index is -0.685. The van der Waals surface area contributed by atoms with E-state index in [1.807, 2.05) is 60.7 Å². The number of carbonyl (C=O) groups is 2. The van der Waals surface area contributed by atoms with Gasteiger partial charge in [-0.1, -0.05) is 72.3 Å². The van der Waals surface area contributed by atoms with E-state index in [2.05, 4.69) is 36.5 Å². The number of anilines is 2. The van der Waals surface area contributed by atoms with Crippen LogP contribution in [0.5, 0.6) is 0 Å². The SMILES string of the molecule is Cc1ccc([C@@H]2CC(=O)C3=C(C2)Nc2ccccc2N(C(=O)/C=C/c2ccccc2)[C@@H]3c2ccco2)cc1. The summed E-state index contributed by atoms with van der Waals surface area (Å²) in [4.78, 5) is 29.6. The summed E-state index contributed by atoms with van der Waals surface area (Å²) in [5.41, 5.74) is 6.16. The van der Waals surface area contributed by atoms with E-state index in [1.165, 1.54) is 5.56 Å². The highest BCUT2D eigenvalue weighted by molar-refractivity contribution is 6.10. The van der Waals surface area contributed by atoms with Crippen LogP contribution < -0.4 is 10.2 Å². The highest BCUT2D eigenvalue weighted by Crippen LogP contribution is 2.47. The number of fused-ring (bicyclic) bond motifs is 1. The van der Waals surface area contributed by atoms with Gasteiger partial charge in [-0.25, -0.2) is 0 Å². The Hall–Kier alpha value is -4.64. The van der Waals surface area contributed by atoms with Crippen molar-refractivity contribution < 1.29 is 14.0 Å². The molecule has 1 amide bonds. The van der Waals surface area contributed by atoms with Gasteiger partial charge in [0.2, 0.25) is 0 Å². The number of nitrogens with one attached hydrogen (secondary N) is 1. The molecule has 1 aromatic heterocycles. The molecule has 0 bridgehead atoms. The third kappa shape index (κ3) is 4.48. The van der Waals surface area contributed by atoms with Crippen molar-refractivity contribution in [2.45, 2.75) is 31.7 Å². The first-order chi connectivity index (χ1) is 18.6. The van der Waals surface area contributed by atoms with Gasteiger partial charge >= 0.3 is 0 Å². The fourth-order valence-electron chi connectivity index (χ4n) is 5.44. The van der Waals surface area contributed by atoms with Crippen LogP contribution in [-0.2, 0) is 9.59 Å². The summed E-state index contributed by atoms with van der Waals surface area (Å²) >= 11 is 0. The number of allylic oxidation sites excluding steroid dienone is 1. The molecule has 0 saturated carbocycles. The first kappa shape index (κ1) is 23.7. The van der Waals surface area contributed by atoms with Crippen molar-refractivity contribution in [1.29, 1.82) is 0 Å². The maximum atomic E-state index is 13.9. The summed E-state index contributed by atoms with van der Waals surface area (Å²) in [5, 5.41) is 3.55. The topological polar surface area (TPSA) is 62.6 Å². The number of furan rings is 1. The second-order valence-corrected chi connectivity index (χ2v) is 9.84. The van der Waals surface area contributed by atoms with Gasteiger partial charge in [0.25, 0.3) is 5.91 Å². The number of benzene rings is 3. The molecule has 1 aliphatic heterocycles. The van der Waals surface area contributed by atoms with E-state index in [4.69, 9.17) is 4.42 Å². The van der Waals surface area contributed by atoms with Crippen LogP contribution >= 0.6 is 0 Å². The number of nitrogens with zero attached hydrogens (tertiary/aromatic N) is 1. The minimum Gasteiger partial charge on any atom is -0.467 e. The first-order valence-electron chi connectivity index (χ1n) is 12.9. The summed E-state index contributed by atoms with van der Waals surface area (Å²) < 4.78 is 5.88. The highest BCUT2D eigenvalue weighted by Gasteiger charge is 2.42. The molecule has 0 unspecified atom stereocenters. The average Bonchev–Trinajstić information content (AvgIpc) is 3.42. The Morgan fingerprint density at radius 2 is 1.68 bits per heavy atom. The molecule has 0 radical (unpaired) electrons. The number of Topliss-reactive ketones (excluding diaryl/α,β-unsaturated/α-hetero) is 1. The Labute approximate surface area is 222 Å². The lowest BCUT2D eigenvalue weighted by Gasteiger charge is -2.33. The molecular formula is C33H28N2O3. The number of ketones is 1. The molecule has 2 atom stereocenters. The van der Waals surface area contributed by atoms with Crippen LogP contribution in [0.4, 0.5) is 11.4 Å². The highest BCUT2D eigenvalue weighted by atomic mass is 16.3. The van der Waals surface area contributed by atoms with E-state index in [-0.39, 0.29) is 17.6 Å². The Morgan fingerprint density at radius 1 is 0.921 bits per heavy atom. The van der Waals surface area contributed by atoms with E-state index in [9.17, 15) is 9.59 Å². The molecule has 5 heteroatoms. The zero-order chi connectivity index (χ0) is 26.1. The first-order valence-corrected chi connectivity index (χ1v) is 12.9. The van der Waals surface area contributed by atoms with E-state index in [0.717, 1.165) is 22.5 Å². The van der Waals surface area contributed by atoms with Crippen LogP contribution in [0.2, 0.25) is 0 Å². The van der Waals surface area contributed by atoms with Crippen LogP contribution in [-0.4, -0.2) is 11.7 Å². The lowest BCUT2D eigenvalue weighted by Crippen LogP contribution is -2.37. The molecule has 0 saturated heterocycles. The van der Waals surface area contributed by atoms with E-state index in [1.54, 1.807) is 29.4 Å². The number of para-hydroxylation sites is 2. The van der Waals surface area contributed by atoms with Gasteiger partial charge in [-0.05, 0) is 60.7 Å². The Bertz CT molecular complexity index is 1530. The largest absolute Gasteiger partial charge is 0.467 e. The van der Waals surface area contributed by atoms with Gasteiger partial charge < -0.3 is 9.73 Å². The molecule has 6 rings (SSSR count). The lowest BCUT2D eigenvalue weighted by atomic mass is 9.79. The molecule has 4 aromatic rings. The molecule has 3 aromatic carbocycles. The lowest BCUT2D eigenvalue weighted by molar-refractivity contribution is -0.117. The third-order valence-electron chi connectivity index (χ3n) is 7.31. The van der Waals surface area contributed by atoms with Crippen LogP contribution in [0, 0.1) is 6.92 Å². The molecule has 38 heavy (non-hydrogen) atoms. The average molecular weight is 501 g/mol. The second-order valence-electron chi connectivity index (χ2n) is 9.84. The Kier molecular flexibility index (Phi) is 6.26. The van der Waals surface area contributed by atoms with Crippen LogP contribution in [0.1, 0.15) is 47.3 Å². The molecule has 1 N–H and O–H groups in total. The Morgan fingerprint density at radius 3 is 2.45 bits per heavy atom. The van der Waals surface area contributed by atoms with Gasteiger partial charge in [0.05, 0.1) is 17.6 Å². The molecule has 2 heterocycles. The van der Waals surface area contributed by atoms with E-state index < -0.39 is 6.04 Å². The smallest absolute Gasteiger partial charge is 0.252 e. The summed E-state index contributed by atoms with van der Waals surface area (Å²) in [6.07, 6.45) is 5.99. The third-order valence-corrected chi connectivity index (χ3v) is 7.31. The number of hydrogen-bond donors (Lipinski definition) is 1. The van der Waals surface area contributed by atoms with Crippen molar-refractivity contribution in [2.24, 2.45) is 0 Å². The predicted molar refractivity (Wildman–Crippen MR) is 150 cm³/mol. The van der Waals surface area contributed by atoms with Gasteiger partial charge in [0.1, 0.15) is 11.8 Å². The summed E-state index contributed by atoms with van der Waals surface area (Å²) in [6, 6.07) is 28.7. The van der Waals surface area contributed by atoms with Crippen molar-refractivity contribution in [3.8, 4) is 0 Å². The fourth-order valence-corrected chi connectivity index (χ4v) is 5.44. The number of carbonyl (C=O) groups excluding carboxylic acids is 2. The van der Waals surface area contributed by atoms with Crippen molar-refractivity contribution in [1.82, 2.24) is 0 Å². The molecule has 188 valence electrons. The van der Waals surface area contributed by atoms with E-state index in [0.29, 0.717) is 29.9 Å². The van der Waals surface area contributed by atoms with Crippen LogP contribution in [0.25, 0.3) is 6.08 Å². The van der Waals surface area contributed by atoms with Gasteiger partial charge in [-0.15, -0.1) is 0 Å². The zero-order valence-electron chi connectivity index (χ0n) is 21.1. The molecule has 5 nitrogen and oxygen atoms in total. The van der Waals surface area contributed by atoms with Crippen molar-refractivity contribution in [3.05, 3.63) is 137 Å². The van der Waals surface area contributed by atoms with Crippen molar-refractivity contribution in [2.75, 3.05) is 10.2 Å². The second kappa shape index (κ2) is 10.0. The zero-order valence-corrected chi connectivity index (χ0v) is 21.1. The standard InChI is InChI=1S/C33H28N2O3/c1-22-13-16-24(17-14-22)25-20-27-32(29(36)21-25)33(30-12-7-19-38-30)35(28-11-6-5-10-26(28)34-27)31(37)18-15-23-8-3-2-4-9-23/h2-19,25,33-34H,20-21H2,1H3/b18-15+/t25-,33+/m0/s1. The molecular weight excluding hydrogens is 472 g/mol. The quantitative estimate of drug-likeness (QED) is 0.301. The predicted octanol–water partition coefficient (Wildman–Crippen LogP) is 7.20. The molecule has 0 fully saturated rings. The maximum absolute atomic E-state index is 13.9. The number of amides is 1. The normalized spacial score (nSPS) is 19.1. The minimum absolute atomic E-state index is 0.0170. The van der Waals surface area contributed by atoms with Crippen molar-refractivity contribution in [3.63, 3.8) is 0 Å². The number of aryl methyl sites for hydroxylation is 1. The molecule has 1 aliphatic carbocycles. The van der Waals surface area contributed by atoms with Gasteiger partial charge in [0, 0.05) is 23.8 Å². The fraction of sp³-hybridized carbons (Fsp3) is 0.152. The maximum Gasteiger partial charge on any atom is 0.252 e. The summed E-state index contributed by atoms with van der Waals surface area (Å²) in [5.74, 6) is 0.397. The monoisotopic (exact) mass is 500 g/mol. The van der Waals surface area contributed by atoms with Crippen LogP contribution in [0.3, 0.4) is 0 Å². The van der Waals surface area contributed by atoms with Gasteiger partial charge in [-0.3, -0.25) is 14.5 Å². The number of hydrogen-bond acceptors (Lipinski definition) is 4. The molecule has 0 spiro atoms. The number of rotatable bonds is 4. The molecule has 2 aliphatic rings.